The summed E-state index contributed by atoms with van der Waals surface area (Å²) in [4.78, 5) is 0. The molecule has 19 heavy (non-hydrogen) atoms. The monoisotopic (exact) mass is 253 g/mol. The van der Waals surface area contributed by atoms with Crippen molar-refractivity contribution in [3.63, 3.8) is 0 Å². The molecule has 100 valence electrons. The Hall–Kier alpha value is -1.60. The quantitative estimate of drug-likeness (QED) is 0.848. The molecule has 0 aromatic heterocycles. The van der Waals surface area contributed by atoms with Crippen LogP contribution in [-0.4, -0.2) is 0 Å². The van der Waals surface area contributed by atoms with E-state index in [9.17, 15) is 0 Å². The van der Waals surface area contributed by atoms with E-state index < -0.39 is 0 Å². The zero-order valence-electron chi connectivity index (χ0n) is 12.3. The van der Waals surface area contributed by atoms with Crippen LogP contribution in [0.5, 0.6) is 0 Å². The second kappa shape index (κ2) is 6.03. The molecule has 0 radical (unpaired) electrons. The van der Waals surface area contributed by atoms with Gasteiger partial charge >= 0.3 is 0 Å². The minimum Gasteiger partial charge on any atom is -0.306 e. The van der Waals surface area contributed by atoms with Crippen molar-refractivity contribution < 1.29 is 0 Å². The first kappa shape index (κ1) is 13.8. The normalized spacial score (nSPS) is 12.4. The summed E-state index contributed by atoms with van der Waals surface area (Å²) in [6.07, 6.45) is 0. The molecular formula is C18H23N. The Balaban J connectivity index is 2.00. The molecule has 0 heterocycles. The molecule has 2 aromatic rings. The lowest BCUT2D eigenvalue weighted by molar-refractivity contribution is 0.574. The van der Waals surface area contributed by atoms with Gasteiger partial charge in [-0.2, -0.15) is 0 Å². The zero-order valence-corrected chi connectivity index (χ0v) is 12.3. The van der Waals surface area contributed by atoms with Gasteiger partial charge in [0.1, 0.15) is 0 Å². The van der Waals surface area contributed by atoms with Crippen molar-refractivity contribution in [1.82, 2.24) is 5.32 Å². The van der Waals surface area contributed by atoms with Crippen LogP contribution in [0, 0.1) is 20.8 Å². The molecular weight excluding hydrogens is 230 g/mol. The molecule has 1 heteroatoms. The van der Waals surface area contributed by atoms with Crippen LogP contribution in [0.25, 0.3) is 0 Å². The van der Waals surface area contributed by atoms with E-state index in [1.807, 2.05) is 0 Å². The van der Waals surface area contributed by atoms with Gasteiger partial charge in [-0.05, 0) is 38.8 Å². The third-order valence-electron chi connectivity index (χ3n) is 3.48. The van der Waals surface area contributed by atoms with Gasteiger partial charge in [-0.3, -0.25) is 0 Å². The summed E-state index contributed by atoms with van der Waals surface area (Å²) in [6.45, 7) is 9.57. The van der Waals surface area contributed by atoms with Crippen molar-refractivity contribution in [2.75, 3.05) is 0 Å². The predicted molar refractivity (Wildman–Crippen MR) is 82.3 cm³/mol. The lowest BCUT2D eigenvalue weighted by Gasteiger charge is -2.16. The molecule has 0 saturated heterocycles. The van der Waals surface area contributed by atoms with Gasteiger partial charge in [-0.1, -0.05) is 59.2 Å². The smallest absolute Gasteiger partial charge is 0.0295 e. The van der Waals surface area contributed by atoms with E-state index in [0.717, 1.165) is 6.54 Å². The second-order valence-corrected chi connectivity index (χ2v) is 5.51. The van der Waals surface area contributed by atoms with Crippen LogP contribution in [0.3, 0.4) is 0 Å². The summed E-state index contributed by atoms with van der Waals surface area (Å²) in [5, 5.41) is 3.59. The molecule has 0 spiro atoms. The lowest BCUT2D eigenvalue weighted by Crippen LogP contribution is -2.18. The lowest BCUT2D eigenvalue weighted by atomic mass is 10.0. The van der Waals surface area contributed by atoms with Crippen LogP contribution in [0.2, 0.25) is 0 Å². The molecule has 2 aromatic carbocycles. The van der Waals surface area contributed by atoms with Gasteiger partial charge in [0.15, 0.2) is 0 Å². The second-order valence-electron chi connectivity index (χ2n) is 5.51. The number of benzene rings is 2. The van der Waals surface area contributed by atoms with Crippen LogP contribution >= 0.6 is 0 Å². The topological polar surface area (TPSA) is 12.0 Å². The first-order valence-corrected chi connectivity index (χ1v) is 6.92. The maximum Gasteiger partial charge on any atom is 0.0295 e. The summed E-state index contributed by atoms with van der Waals surface area (Å²) >= 11 is 0. The maximum absolute atomic E-state index is 3.59. The molecule has 0 aliphatic heterocycles. The van der Waals surface area contributed by atoms with E-state index in [2.05, 4.69) is 75.5 Å². The highest BCUT2D eigenvalue weighted by atomic mass is 14.9. The number of rotatable bonds is 4. The standard InChI is InChI=1S/C18H23N/c1-13-5-7-17(8-6-13)12-19-16(4)18-10-14(2)9-15(3)11-18/h5-11,16,19H,12H2,1-4H3. The largest absolute Gasteiger partial charge is 0.306 e. The average molecular weight is 253 g/mol. The summed E-state index contributed by atoms with van der Waals surface area (Å²) in [5.41, 5.74) is 6.68. The van der Waals surface area contributed by atoms with Crippen molar-refractivity contribution in [3.05, 3.63) is 70.3 Å². The minimum atomic E-state index is 0.375. The van der Waals surface area contributed by atoms with Gasteiger partial charge in [0.2, 0.25) is 0 Å². The molecule has 1 N–H and O–H groups in total. The molecule has 0 saturated carbocycles. The molecule has 2 rings (SSSR count). The number of aryl methyl sites for hydroxylation is 3. The Labute approximate surface area is 116 Å². The summed E-state index contributed by atoms with van der Waals surface area (Å²) in [5.74, 6) is 0. The highest BCUT2D eigenvalue weighted by Gasteiger charge is 2.05. The molecule has 1 atom stereocenters. The van der Waals surface area contributed by atoms with E-state index in [-0.39, 0.29) is 0 Å². The highest BCUT2D eigenvalue weighted by Crippen LogP contribution is 2.17. The van der Waals surface area contributed by atoms with Crippen molar-refractivity contribution in [2.24, 2.45) is 0 Å². The molecule has 0 bridgehead atoms. The van der Waals surface area contributed by atoms with Gasteiger partial charge in [0.25, 0.3) is 0 Å². The Morgan fingerprint density at radius 2 is 1.42 bits per heavy atom. The Morgan fingerprint density at radius 3 is 2.00 bits per heavy atom. The Bertz CT molecular complexity index is 520. The highest BCUT2D eigenvalue weighted by molar-refractivity contribution is 5.30. The fourth-order valence-corrected chi connectivity index (χ4v) is 2.35. The minimum absolute atomic E-state index is 0.375. The van der Waals surface area contributed by atoms with E-state index >= 15 is 0 Å². The first-order valence-electron chi connectivity index (χ1n) is 6.92. The van der Waals surface area contributed by atoms with Gasteiger partial charge < -0.3 is 5.32 Å². The molecule has 0 amide bonds. The average Bonchev–Trinajstić information content (AvgIpc) is 2.36. The van der Waals surface area contributed by atoms with Crippen molar-refractivity contribution in [3.8, 4) is 0 Å². The Kier molecular flexibility index (Phi) is 4.39. The molecule has 0 fully saturated rings. The van der Waals surface area contributed by atoms with Crippen LogP contribution < -0.4 is 5.32 Å². The van der Waals surface area contributed by atoms with Gasteiger partial charge in [-0.25, -0.2) is 0 Å². The summed E-state index contributed by atoms with van der Waals surface area (Å²) < 4.78 is 0. The first-order chi connectivity index (χ1) is 9.04. The van der Waals surface area contributed by atoms with Gasteiger partial charge in [0, 0.05) is 12.6 Å². The summed E-state index contributed by atoms with van der Waals surface area (Å²) in [6, 6.07) is 15.8. The number of hydrogen-bond donors (Lipinski definition) is 1. The zero-order chi connectivity index (χ0) is 13.8. The van der Waals surface area contributed by atoms with Crippen LogP contribution in [0.4, 0.5) is 0 Å². The summed E-state index contributed by atoms with van der Waals surface area (Å²) in [7, 11) is 0. The fraction of sp³-hybridized carbons (Fsp3) is 0.333. The Morgan fingerprint density at radius 1 is 0.842 bits per heavy atom. The van der Waals surface area contributed by atoms with Crippen LogP contribution in [0.15, 0.2) is 42.5 Å². The van der Waals surface area contributed by atoms with Gasteiger partial charge in [0.05, 0.1) is 0 Å². The third-order valence-corrected chi connectivity index (χ3v) is 3.48. The fourth-order valence-electron chi connectivity index (χ4n) is 2.35. The number of hydrogen-bond acceptors (Lipinski definition) is 1. The van der Waals surface area contributed by atoms with E-state index in [0.29, 0.717) is 6.04 Å². The molecule has 1 unspecified atom stereocenters. The molecule has 0 aliphatic rings. The van der Waals surface area contributed by atoms with Crippen LogP contribution in [0.1, 0.15) is 40.8 Å². The molecule has 1 nitrogen and oxygen atoms in total. The van der Waals surface area contributed by atoms with E-state index in [4.69, 9.17) is 0 Å². The van der Waals surface area contributed by atoms with Crippen molar-refractivity contribution in [2.45, 2.75) is 40.3 Å². The van der Waals surface area contributed by atoms with E-state index in [1.165, 1.54) is 27.8 Å². The predicted octanol–water partition coefficient (Wildman–Crippen LogP) is 4.46. The van der Waals surface area contributed by atoms with Crippen molar-refractivity contribution in [1.29, 1.82) is 0 Å². The third kappa shape index (κ3) is 3.93. The number of nitrogens with one attached hydrogen (secondary N) is 1. The van der Waals surface area contributed by atoms with Crippen LogP contribution in [-0.2, 0) is 6.54 Å². The maximum atomic E-state index is 3.59. The van der Waals surface area contributed by atoms with Gasteiger partial charge in [-0.15, -0.1) is 0 Å². The molecule has 0 aliphatic carbocycles. The van der Waals surface area contributed by atoms with Crippen molar-refractivity contribution >= 4 is 0 Å². The van der Waals surface area contributed by atoms with E-state index in [1.54, 1.807) is 0 Å². The SMILES string of the molecule is Cc1ccc(CNC(C)c2cc(C)cc(C)c2)cc1.